The lowest BCUT2D eigenvalue weighted by Gasteiger charge is -2.09. The lowest BCUT2D eigenvalue weighted by Crippen LogP contribution is -2.26. The van der Waals surface area contributed by atoms with Crippen molar-refractivity contribution in [3.63, 3.8) is 0 Å². The number of esters is 1. The first-order valence-corrected chi connectivity index (χ1v) is 9.57. The number of fused-ring (bicyclic) bond motifs is 1. The van der Waals surface area contributed by atoms with Crippen LogP contribution in [0, 0.1) is 0 Å². The van der Waals surface area contributed by atoms with Crippen LogP contribution in [0.25, 0.3) is 11.1 Å². The Morgan fingerprint density at radius 3 is 2.74 bits per heavy atom. The highest BCUT2D eigenvalue weighted by Gasteiger charge is 2.13. The molecule has 3 aromatic rings. The van der Waals surface area contributed by atoms with Gasteiger partial charge >= 0.3 is 5.97 Å². The van der Waals surface area contributed by atoms with Crippen molar-refractivity contribution in [1.29, 1.82) is 0 Å². The molecule has 1 aromatic heterocycles. The second-order valence-electron chi connectivity index (χ2n) is 5.83. The maximum absolute atomic E-state index is 12.5. The second-order valence-corrected chi connectivity index (χ2v) is 6.76. The average molecular weight is 384 g/mol. The van der Waals surface area contributed by atoms with Crippen molar-refractivity contribution in [3.05, 3.63) is 59.7 Å². The maximum atomic E-state index is 12.5. The van der Waals surface area contributed by atoms with Crippen LogP contribution >= 0.6 is 11.8 Å². The molecule has 3 rings (SSSR count). The number of benzene rings is 2. The average Bonchev–Trinajstić information content (AvgIpc) is 3.12. The van der Waals surface area contributed by atoms with E-state index in [2.05, 4.69) is 15.0 Å². The highest BCUT2D eigenvalue weighted by atomic mass is 32.2. The normalized spacial score (nSPS) is 10.7. The quantitative estimate of drug-likeness (QED) is 0.361. The summed E-state index contributed by atoms with van der Waals surface area (Å²) >= 11 is 1.45. The summed E-state index contributed by atoms with van der Waals surface area (Å²) in [5, 5.41) is 3.42. The summed E-state index contributed by atoms with van der Waals surface area (Å²) in [6.07, 6.45) is 0.824. The third-order valence-electron chi connectivity index (χ3n) is 3.96. The molecule has 1 heterocycles. The summed E-state index contributed by atoms with van der Waals surface area (Å²) < 4.78 is 10.3. The number of ether oxygens (including phenoxy) is 1. The molecule has 0 saturated heterocycles. The van der Waals surface area contributed by atoms with Crippen molar-refractivity contribution in [3.8, 4) is 0 Å². The smallest absolute Gasteiger partial charge is 0.305 e. The Morgan fingerprint density at radius 1 is 1.15 bits per heavy atom. The van der Waals surface area contributed by atoms with Gasteiger partial charge in [0, 0.05) is 24.3 Å². The zero-order valence-electron chi connectivity index (χ0n) is 14.9. The zero-order chi connectivity index (χ0) is 19.1. The van der Waals surface area contributed by atoms with E-state index in [1.165, 1.54) is 18.9 Å². The van der Waals surface area contributed by atoms with Gasteiger partial charge in [0.2, 0.25) is 0 Å². The van der Waals surface area contributed by atoms with Gasteiger partial charge in [-0.2, -0.15) is 0 Å². The molecule has 0 aliphatic carbocycles. The van der Waals surface area contributed by atoms with Gasteiger partial charge in [-0.15, -0.1) is 0 Å². The fourth-order valence-corrected chi connectivity index (χ4v) is 3.39. The predicted octanol–water partition coefficient (Wildman–Crippen LogP) is 3.80. The minimum absolute atomic E-state index is 0.159. The van der Waals surface area contributed by atoms with Gasteiger partial charge in [-0.3, -0.25) is 9.59 Å². The van der Waals surface area contributed by atoms with Gasteiger partial charge in [0.25, 0.3) is 11.1 Å². The minimum atomic E-state index is -0.278. The summed E-state index contributed by atoms with van der Waals surface area (Å²) in [6.45, 7) is 0.417. The molecule has 0 fully saturated rings. The minimum Gasteiger partial charge on any atom is -0.469 e. The molecule has 140 valence electrons. The highest BCUT2D eigenvalue weighted by molar-refractivity contribution is 7.98. The van der Waals surface area contributed by atoms with Gasteiger partial charge in [-0.25, -0.2) is 4.98 Å². The lowest BCUT2D eigenvalue weighted by molar-refractivity contribution is -0.140. The molecule has 7 heteroatoms. The first-order chi connectivity index (χ1) is 13.2. The standard InChI is InChI=1S/C20H20N2O4S/c1-25-18(23)11-6-12-21-19(24)15-8-3-2-7-14(15)13-27-20-22-16-9-4-5-10-17(16)26-20/h2-5,7-10H,6,11-13H2,1H3,(H,21,24). The number of methoxy groups -OCH3 is 1. The molecule has 0 atom stereocenters. The van der Waals surface area contributed by atoms with Crippen LogP contribution < -0.4 is 5.32 Å². The Bertz CT molecular complexity index is 905. The van der Waals surface area contributed by atoms with E-state index in [9.17, 15) is 9.59 Å². The monoisotopic (exact) mass is 384 g/mol. The van der Waals surface area contributed by atoms with Crippen molar-refractivity contribution in [2.45, 2.75) is 23.8 Å². The molecule has 6 nitrogen and oxygen atoms in total. The van der Waals surface area contributed by atoms with E-state index in [0.717, 1.165) is 16.7 Å². The number of rotatable bonds is 8. The van der Waals surface area contributed by atoms with Gasteiger partial charge in [-0.05, 0) is 30.2 Å². The summed E-state index contributed by atoms with van der Waals surface area (Å²) in [7, 11) is 1.35. The van der Waals surface area contributed by atoms with Crippen LogP contribution in [-0.4, -0.2) is 30.5 Å². The zero-order valence-corrected chi connectivity index (χ0v) is 15.8. The number of amides is 1. The Labute approximate surface area is 161 Å². The molecule has 1 N–H and O–H groups in total. The predicted molar refractivity (Wildman–Crippen MR) is 104 cm³/mol. The van der Waals surface area contributed by atoms with Crippen LogP contribution in [0.3, 0.4) is 0 Å². The summed E-state index contributed by atoms with van der Waals surface area (Å²) in [5.41, 5.74) is 3.07. The maximum Gasteiger partial charge on any atom is 0.305 e. The molecule has 0 unspecified atom stereocenters. The molecule has 2 aromatic carbocycles. The molecule has 0 radical (unpaired) electrons. The number of oxazole rings is 1. The Morgan fingerprint density at radius 2 is 1.93 bits per heavy atom. The third kappa shape index (κ3) is 5.10. The Hall–Kier alpha value is -2.80. The van der Waals surface area contributed by atoms with Crippen LogP contribution in [0.15, 0.2) is 58.2 Å². The number of carbonyl (C=O) groups is 2. The van der Waals surface area contributed by atoms with E-state index in [-0.39, 0.29) is 18.3 Å². The fourth-order valence-electron chi connectivity index (χ4n) is 2.55. The van der Waals surface area contributed by atoms with Crippen LogP contribution in [0.1, 0.15) is 28.8 Å². The number of hydrogen-bond donors (Lipinski definition) is 1. The molecule has 0 aliphatic rings. The van der Waals surface area contributed by atoms with E-state index in [4.69, 9.17) is 4.42 Å². The number of thioether (sulfide) groups is 1. The number of nitrogens with zero attached hydrogens (tertiary/aromatic N) is 1. The SMILES string of the molecule is COC(=O)CCCNC(=O)c1ccccc1CSc1nc2ccccc2o1. The first kappa shape index (κ1) is 19.0. The van der Waals surface area contributed by atoms with Crippen molar-refractivity contribution >= 4 is 34.7 Å². The molecule has 1 amide bonds. The Balaban J connectivity index is 1.59. The van der Waals surface area contributed by atoms with E-state index < -0.39 is 0 Å². The van der Waals surface area contributed by atoms with Crippen LogP contribution in [0.2, 0.25) is 0 Å². The molecule has 0 spiro atoms. The summed E-state index contributed by atoms with van der Waals surface area (Å²) in [5.74, 6) is 0.131. The molecule has 0 bridgehead atoms. The highest BCUT2D eigenvalue weighted by Crippen LogP contribution is 2.27. The molecule has 27 heavy (non-hydrogen) atoms. The van der Waals surface area contributed by atoms with Gasteiger partial charge in [-0.1, -0.05) is 42.1 Å². The van der Waals surface area contributed by atoms with Gasteiger partial charge < -0.3 is 14.5 Å². The van der Waals surface area contributed by atoms with Crippen LogP contribution in [0.4, 0.5) is 0 Å². The molecular weight excluding hydrogens is 364 g/mol. The third-order valence-corrected chi connectivity index (χ3v) is 4.84. The molecule has 0 saturated carbocycles. The largest absolute Gasteiger partial charge is 0.469 e. The van der Waals surface area contributed by atoms with Crippen LogP contribution in [0.5, 0.6) is 0 Å². The van der Waals surface area contributed by atoms with Gasteiger partial charge in [0.05, 0.1) is 7.11 Å². The van der Waals surface area contributed by atoms with Gasteiger partial charge in [0.1, 0.15) is 5.52 Å². The van der Waals surface area contributed by atoms with Crippen molar-refractivity contribution in [2.75, 3.05) is 13.7 Å². The molecular formula is C20H20N2O4S. The second kappa shape index (κ2) is 9.23. The van der Waals surface area contributed by atoms with Crippen LogP contribution in [-0.2, 0) is 15.3 Å². The van der Waals surface area contributed by atoms with Crippen molar-refractivity contribution in [2.24, 2.45) is 0 Å². The number of para-hydroxylation sites is 2. The number of carbonyl (C=O) groups excluding carboxylic acids is 2. The summed E-state index contributed by atoms with van der Waals surface area (Å²) in [6, 6.07) is 15.0. The molecule has 0 aliphatic heterocycles. The fraction of sp³-hybridized carbons (Fsp3) is 0.250. The topological polar surface area (TPSA) is 81.4 Å². The first-order valence-electron chi connectivity index (χ1n) is 8.58. The number of nitrogens with one attached hydrogen (secondary N) is 1. The van der Waals surface area contributed by atoms with E-state index in [0.29, 0.717) is 29.5 Å². The van der Waals surface area contributed by atoms with E-state index in [1.807, 2.05) is 42.5 Å². The van der Waals surface area contributed by atoms with Gasteiger partial charge in [0.15, 0.2) is 5.58 Å². The van der Waals surface area contributed by atoms with Crippen molar-refractivity contribution < 1.29 is 18.7 Å². The van der Waals surface area contributed by atoms with E-state index >= 15 is 0 Å². The number of hydrogen-bond acceptors (Lipinski definition) is 6. The summed E-state index contributed by atoms with van der Waals surface area (Å²) in [4.78, 5) is 28.0. The lowest BCUT2D eigenvalue weighted by atomic mass is 10.1. The number of aromatic nitrogens is 1. The van der Waals surface area contributed by atoms with Crippen molar-refractivity contribution in [1.82, 2.24) is 10.3 Å². The van der Waals surface area contributed by atoms with E-state index in [1.54, 1.807) is 6.07 Å². The Kier molecular flexibility index (Phi) is 6.49.